The van der Waals surface area contributed by atoms with Gasteiger partial charge in [0.25, 0.3) is 0 Å². The van der Waals surface area contributed by atoms with Gasteiger partial charge in [0.05, 0.1) is 13.2 Å². The minimum Gasteiger partial charge on any atom is -0.378 e. The lowest BCUT2D eigenvalue weighted by Crippen LogP contribution is -2.40. The van der Waals surface area contributed by atoms with Crippen molar-refractivity contribution in [3.8, 4) is 0 Å². The van der Waals surface area contributed by atoms with Gasteiger partial charge in [-0.05, 0) is 25.1 Å². The Hall–Kier alpha value is -2.20. The Balaban J connectivity index is 1.57. The number of morpholine rings is 1. The normalized spacial score (nSPS) is 18.7. The second-order valence-electron chi connectivity index (χ2n) is 7.62. The molecule has 2 aromatic rings. The molecule has 2 aliphatic heterocycles. The molecular formula is C20H21F4N3O2S. The van der Waals surface area contributed by atoms with E-state index >= 15 is 0 Å². The van der Waals surface area contributed by atoms with E-state index in [4.69, 9.17) is 17.0 Å². The zero-order valence-electron chi connectivity index (χ0n) is 16.4. The van der Waals surface area contributed by atoms with Gasteiger partial charge in [-0.3, -0.25) is 4.79 Å². The molecule has 1 aromatic heterocycles. The molecule has 0 radical (unpaired) electrons. The molecule has 0 spiro atoms. The van der Waals surface area contributed by atoms with Gasteiger partial charge in [-0.25, -0.2) is 17.6 Å². The zero-order valence-corrected chi connectivity index (χ0v) is 17.2. The lowest BCUT2D eigenvalue weighted by molar-refractivity contribution is -0.135. The Morgan fingerprint density at radius 1 is 1.17 bits per heavy atom. The molecular weight excluding hydrogens is 422 g/mol. The van der Waals surface area contributed by atoms with Gasteiger partial charge in [-0.15, -0.1) is 0 Å². The van der Waals surface area contributed by atoms with Crippen molar-refractivity contribution in [3.63, 3.8) is 0 Å². The minimum absolute atomic E-state index is 0.00278. The van der Waals surface area contributed by atoms with E-state index in [0.717, 1.165) is 11.4 Å². The third kappa shape index (κ3) is 3.56. The molecule has 1 saturated heterocycles. The van der Waals surface area contributed by atoms with E-state index in [9.17, 15) is 22.4 Å². The number of nitrogens with zero attached hydrogens (tertiary/aromatic N) is 3. The molecule has 0 saturated carbocycles. The van der Waals surface area contributed by atoms with Crippen LogP contribution in [0.25, 0.3) is 0 Å². The predicted octanol–water partition coefficient (Wildman–Crippen LogP) is 3.24. The van der Waals surface area contributed by atoms with Crippen molar-refractivity contribution in [2.45, 2.75) is 31.7 Å². The molecule has 0 aliphatic carbocycles. The Bertz CT molecular complexity index is 1030. The Kier molecular flexibility index (Phi) is 5.71. The van der Waals surface area contributed by atoms with E-state index < -0.39 is 34.8 Å². The van der Waals surface area contributed by atoms with Crippen LogP contribution in [0.15, 0.2) is 6.07 Å². The molecule has 1 amide bonds. The summed E-state index contributed by atoms with van der Waals surface area (Å²) in [6, 6.07) is 0.213. The van der Waals surface area contributed by atoms with Gasteiger partial charge in [-0.2, -0.15) is 0 Å². The van der Waals surface area contributed by atoms with Crippen molar-refractivity contribution in [1.29, 1.82) is 0 Å². The summed E-state index contributed by atoms with van der Waals surface area (Å²) in [5.41, 5.74) is 0.941. The molecule has 0 bridgehead atoms. The van der Waals surface area contributed by atoms with Crippen molar-refractivity contribution in [1.82, 2.24) is 14.0 Å². The maximum atomic E-state index is 14.3. The van der Waals surface area contributed by atoms with Gasteiger partial charge in [0, 0.05) is 62.0 Å². The van der Waals surface area contributed by atoms with Crippen LogP contribution in [0.3, 0.4) is 0 Å². The van der Waals surface area contributed by atoms with Crippen molar-refractivity contribution in [2.75, 3.05) is 26.3 Å². The largest absolute Gasteiger partial charge is 0.378 e. The predicted molar refractivity (Wildman–Crippen MR) is 103 cm³/mol. The average molecular weight is 443 g/mol. The lowest BCUT2D eigenvalue weighted by atomic mass is 9.94. The summed E-state index contributed by atoms with van der Waals surface area (Å²) >= 11 is 5.44. The average Bonchev–Trinajstić information content (AvgIpc) is 3.25. The number of aromatic nitrogens is 2. The number of amides is 1. The van der Waals surface area contributed by atoms with Gasteiger partial charge in [0.15, 0.2) is 28.0 Å². The summed E-state index contributed by atoms with van der Waals surface area (Å²) in [5.74, 6) is -6.35. The van der Waals surface area contributed by atoms with Gasteiger partial charge in [-0.1, -0.05) is 0 Å². The number of hydrogen-bond donors (Lipinski definition) is 0. The molecule has 1 atom stereocenters. The summed E-state index contributed by atoms with van der Waals surface area (Å²) in [4.78, 5) is 14.2. The maximum Gasteiger partial charge on any atom is 0.223 e. The molecule has 30 heavy (non-hydrogen) atoms. The highest BCUT2D eigenvalue weighted by molar-refractivity contribution is 7.71. The van der Waals surface area contributed by atoms with Crippen molar-refractivity contribution < 1.29 is 27.1 Å². The van der Waals surface area contributed by atoms with Gasteiger partial charge >= 0.3 is 0 Å². The fourth-order valence-corrected chi connectivity index (χ4v) is 4.64. The minimum atomic E-state index is -1.42. The summed E-state index contributed by atoms with van der Waals surface area (Å²) in [6.07, 6.45) is 0.859. The lowest BCUT2D eigenvalue weighted by Gasteiger charge is -2.26. The number of benzene rings is 1. The second kappa shape index (κ2) is 8.14. The van der Waals surface area contributed by atoms with E-state index in [-0.39, 0.29) is 31.4 Å². The van der Waals surface area contributed by atoms with Crippen LogP contribution in [-0.2, 0) is 36.0 Å². The Labute approximate surface area is 175 Å². The number of ether oxygens (including phenoxy) is 1. The summed E-state index contributed by atoms with van der Waals surface area (Å²) in [7, 11) is 1.78. The first-order valence-corrected chi connectivity index (χ1v) is 10.2. The fraction of sp³-hybridized carbons (Fsp3) is 0.500. The number of carbonyl (C=O) groups is 1. The first-order chi connectivity index (χ1) is 14.3. The summed E-state index contributed by atoms with van der Waals surface area (Å²) < 4.78 is 65.1. The van der Waals surface area contributed by atoms with Crippen LogP contribution in [0.1, 0.15) is 29.3 Å². The molecule has 3 heterocycles. The van der Waals surface area contributed by atoms with E-state index in [2.05, 4.69) is 0 Å². The molecule has 5 nitrogen and oxygen atoms in total. The molecule has 0 N–H and O–H groups in total. The Morgan fingerprint density at radius 2 is 1.80 bits per heavy atom. The van der Waals surface area contributed by atoms with E-state index in [1.807, 2.05) is 0 Å². The highest BCUT2D eigenvalue weighted by Gasteiger charge is 2.34. The molecule has 4 rings (SSSR count). The third-order valence-corrected chi connectivity index (χ3v) is 6.41. The fourth-order valence-electron chi connectivity index (χ4n) is 4.35. The highest BCUT2D eigenvalue weighted by atomic mass is 32.1. The van der Waals surface area contributed by atoms with Gasteiger partial charge < -0.3 is 18.8 Å². The molecule has 0 unspecified atom stereocenters. The zero-order chi connectivity index (χ0) is 21.6. The molecule has 2 aliphatic rings. The highest BCUT2D eigenvalue weighted by Crippen LogP contribution is 2.36. The smallest absolute Gasteiger partial charge is 0.223 e. The van der Waals surface area contributed by atoms with Crippen LogP contribution in [-0.4, -0.2) is 46.2 Å². The van der Waals surface area contributed by atoms with Crippen LogP contribution in [0, 0.1) is 28.0 Å². The van der Waals surface area contributed by atoms with Crippen molar-refractivity contribution >= 4 is 18.1 Å². The van der Waals surface area contributed by atoms with Gasteiger partial charge in [0.2, 0.25) is 5.91 Å². The summed E-state index contributed by atoms with van der Waals surface area (Å²) in [5, 5.41) is 0. The number of rotatable bonds is 4. The maximum absolute atomic E-state index is 14.3. The first kappa shape index (κ1) is 21.0. The van der Waals surface area contributed by atoms with E-state index in [1.165, 1.54) is 0 Å². The van der Waals surface area contributed by atoms with E-state index in [1.54, 1.807) is 21.1 Å². The third-order valence-electron chi connectivity index (χ3n) is 5.92. The van der Waals surface area contributed by atoms with Crippen LogP contribution in [0.4, 0.5) is 17.6 Å². The van der Waals surface area contributed by atoms with Gasteiger partial charge in [0.1, 0.15) is 0 Å². The number of fused-ring (bicyclic) bond motifs is 1. The van der Waals surface area contributed by atoms with Crippen molar-refractivity contribution in [2.24, 2.45) is 7.05 Å². The number of carbonyl (C=O) groups excluding carboxylic acids is 1. The van der Waals surface area contributed by atoms with Crippen molar-refractivity contribution in [3.05, 3.63) is 51.1 Å². The SMILES string of the molecule is Cn1c(CCC(=O)N2CCOCC2)c2n(c1=S)C[C@@H](c1c(F)c(F)cc(F)c1F)C2. The molecule has 1 fully saturated rings. The molecule has 10 heteroatoms. The quantitative estimate of drug-likeness (QED) is 0.414. The monoisotopic (exact) mass is 443 g/mol. The van der Waals surface area contributed by atoms with Crippen LogP contribution >= 0.6 is 12.2 Å². The molecule has 162 valence electrons. The van der Waals surface area contributed by atoms with Crippen LogP contribution < -0.4 is 0 Å². The standard InChI is InChI=1S/C20H21F4N3O2S/c1-25-14(2-3-16(28)26-4-6-29-7-5-26)15-8-11(10-27(15)20(25)30)17-18(23)12(21)9-13(22)19(17)24/h9,11H,2-8,10H2,1H3/t11-/m0/s1. The van der Waals surface area contributed by atoms with Crippen LogP contribution in [0.2, 0.25) is 0 Å². The Morgan fingerprint density at radius 3 is 2.43 bits per heavy atom. The topological polar surface area (TPSA) is 39.4 Å². The van der Waals surface area contributed by atoms with Crippen LogP contribution in [0.5, 0.6) is 0 Å². The summed E-state index contributed by atoms with van der Waals surface area (Å²) in [6.45, 7) is 2.25. The van der Waals surface area contributed by atoms with E-state index in [0.29, 0.717) is 37.5 Å². The first-order valence-electron chi connectivity index (χ1n) is 9.75. The molecule has 1 aromatic carbocycles. The number of imidazole rings is 1. The second-order valence-corrected chi connectivity index (χ2v) is 7.99. The number of hydrogen-bond acceptors (Lipinski definition) is 3. The number of halogens is 4.